The molecule has 3 fully saturated rings. The number of anilines is 1. The van der Waals surface area contributed by atoms with Gasteiger partial charge in [0.2, 0.25) is 5.91 Å². The molecule has 2 amide bonds. The Morgan fingerprint density at radius 3 is 2.39 bits per heavy atom. The van der Waals surface area contributed by atoms with Gasteiger partial charge in [-0.1, -0.05) is 61.4 Å². The van der Waals surface area contributed by atoms with Gasteiger partial charge in [0.1, 0.15) is 12.2 Å². The topological polar surface area (TPSA) is 117 Å². The zero-order valence-electron chi connectivity index (χ0n) is 25.5. The largest absolute Gasteiger partial charge is 0.445 e. The van der Waals surface area contributed by atoms with Gasteiger partial charge in [-0.05, 0) is 61.9 Å². The van der Waals surface area contributed by atoms with Crippen molar-refractivity contribution < 1.29 is 29.8 Å². The Morgan fingerprint density at radius 2 is 1.70 bits per heavy atom. The summed E-state index contributed by atoms with van der Waals surface area (Å²) in [6.45, 7) is 7.46. The van der Waals surface area contributed by atoms with Crippen LogP contribution in [0.25, 0.3) is 0 Å². The van der Waals surface area contributed by atoms with Crippen molar-refractivity contribution >= 4 is 17.7 Å². The van der Waals surface area contributed by atoms with E-state index in [1.54, 1.807) is 23.1 Å². The van der Waals surface area contributed by atoms with E-state index in [1.807, 2.05) is 35.2 Å². The number of hydrogen-bond donors (Lipinski definition) is 3. The van der Waals surface area contributed by atoms with Crippen LogP contribution >= 0.6 is 0 Å². The minimum absolute atomic E-state index is 0.0118. The average Bonchev–Trinajstić information content (AvgIpc) is 3.63. The van der Waals surface area contributed by atoms with Crippen molar-refractivity contribution in [3.05, 3.63) is 78.4 Å². The number of aliphatic hydroxyl groups is 1. The highest BCUT2D eigenvalue weighted by atomic mass is 16.8. The van der Waals surface area contributed by atoms with Crippen LogP contribution in [0.3, 0.4) is 0 Å². The van der Waals surface area contributed by atoms with Crippen LogP contribution < -0.4 is 5.23 Å². The van der Waals surface area contributed by atoms with Gasteiger partial charge in [0.05, 0.1) is 12.2 Å². The average molecular weight is 607 g/mol. The summed E-state index contributed by atoms with van der Waals surface area (Å²) in [6, 6.07) is 16.2. The van der Waals surface area contributed by atoms with Crippen molar-refractivity contribution in [3.63, 3.8) is 0 Å². The quantitative estimate of drug-likeness (QED) is 0.261. The van der Waals surface area contributed by atoms with Crippen LogP contribution in [0.4, 0.5) is 10.5 Å². The highest BCUT2D eigenvalue weighted by molar-refractivity contribution is 5.79. The van der Waals surface area contributed by atoms with Crippen LogP contribution in [0.15, 0.2) is 67.3 Å². The van der Waals surface area contributed by atoms with Gasteiger partial charge in [0.15, 0.2) is 0 Å². The maximum Gasteiger partial charge on any atom is 0.410 e. The summed E-state index contributed by atoms with van der Waals surface area (Å²) in [4.78, 5) is 32.6. The lowest BCUT2D eigenvalue weighted by molar-refractivity contribution is -0.135. The minimum Gasteiger partial charge on any atom is -0.445 e. The first-order chi connectivity index (χ1) is 21.3. The van der Waals surface area contributed by atoms with Gasteiger partial charge < -0.3 is 24.5 Å². The van der Waals surface area contributed by atoms with E-state index in [4.69, 9.17) is 15.2 Å². The number of ether oxygens (including phenoxy) is 1. The van der Waals surface area contributed by atoms with Crippen molar-refractivity contribution in [1.82, 2.24) is 14.7 Å². The number of β-amino-alcohol motifs (C(OH)–C–C–N with tert-alkyl or cyclic N) is 1. The number of carbonyl (C=O) groups excluding carboxylic acids is 2. The molecular weight excluding hydrogens is 560 g/mol. The molecule has 44 heavy (non-hydrogen) atoms. The maximum atomic E-state index is 13.4. The standard InChI is InChI=1S/C34H46N4O6/c1-2-19-37(33(40)44-24-26-14-16-31(17-15-26)38(42)43)30-13-8-20-35(21-18-30)22-29-23-36(32(39)27-9-6-7-10-27)25-34(29,41)28-11-4-3-5-12-28/h2-5,11-12,14-17,27,29-30,41-43H,1,6-10,13,18-25H2/t29-,30?,34-/m0/s1. The lowest BCUT2D eigenvalue weighted by Crippen LogP contribution is -2.43. The fourth-order valence-corrected chi connectivity index (χ4v) is 7.17. The van der Waals surface area contributed by atoms with E-state index >= 15 is 0 Å². The number of likely N-dealkylation sites (tertiary alicyclic amines) is 2. The van der Waals surface area contributed by atoms with E-state index in [9.17, 15) is 14.7 Å². The number of benzene rings is 2. The zero-order chi connectivity index (χ0) is 31.1. The van der Waals surface area contributed by atoms with Crippen molar-refractivity contribution in [2.75, 3.05) is 44.5 Å². The molecule has 3 atom stereocenters. The molecule has 3 aliphatic rings. The molecule has 2 saturated heterocycles. The minimum atomic E-state index is -1.11. The van der Waals surface area contributed by atoms with E-state index < -0.39 is 11.7 Å². The molecule has 10 nitrogen and oxygen atoms in total. The molecule has 2 aromatic carbocycles. The number of hydrogen-bond acceptors (Lipinski definition) is 8. The SMILES string of the molecule is C=CCN(C(=O)OCc1ccc(N(O)O)cc1)C1CCCN(C[C@H]2CN(C(=O)C3CCCC3)C[C@]2(O)c2ccccc2)CC1. The molecule has 0 bridgehead atoms. The Morgan fingerprint density at radius 1 is 0.977 bits per heavy atom. The van der Waals surface area contributed by atoms with Gasteiger partial charge >= 0.3 is 6.09 Å². The van der Waals surface area contributed by atoms with Crippen molar-refractivity contribution in [1.29, 1.82) is 0 Å². The van der Waals surface area contributed by atoms with Gasteiger partial charge in [0.25, 0.3) is 0 Å². The van der Waals surface area contributed by atoms with Gasteiger partial charge in [0, 0.05) is 44.1 Å². The normalized spacial score (nSPS) is 24.6. The molecule has 1 aliphatic carbocycles. The summed E-state index contributed by atoms with van der Waals surface area (Å²) in [5.41, 5.74) is 0.700. The molecule has 2 aliphatic heterocycles. The number of nitrogens with zero attached hydrogens (tertiary/aromatic N) is 4. The highest BCUT2D eigenvalue weighted by Gasteiger charge is 2.49. The lowest BCUT2D eigenvalue weighted by atomic mass is 9.83. The van der Waals surface area contributed by atoms with E-state index in [0.29, 0.717) is 26.2 Å². The molecule has 1 unspecified atom stereocenters. The molecule has 0 aromatic heterocycles. The molecular formula is C34H46N4O6. The van der Waals surface area contributed by atoms with Crippen LogP contribution in [0.5, 0.6) is 0 Å². The zero-order valence-corrected chi connectivity index (χ0v) is 25.5. The van der Waals surface area contributed by atoms with E-state index in [0.717, 1.165) is 69.2 Å². The Balaban J connectivity index is 1.21. The number of carbonyl (C=O) groups is 2. The maximum absolute atomic E-state index is 13.4. The lowest BCUT2D eigenvalue weighted by Gasteiger charge is -2.33. The van der Waals surface area contributed by atoms with Crippen LogP contribution in [0, 0.1) is 11.8 Å². The summed E-state index contributed by atoms with van der Waals surface area (Å²) in [5.74, 6) is 0.152. The first-order valence-corrected chi connectivity index (χ1v) is 15.9. The van der Waals surface area contributed by atoms with Gasteiger partial charge in [-0.2, -0.15) is 0 Å². The Bertz CT molecular complexity index is 1250. The predicted octanol–water partition coefficient (Wildman–Crippen LogP) is 4.79. The van der Waals surface area contributed by atoms with Gasteiger partial charge in [-0.25, -0.2) is 4.79 Å². The number of amides is 2. The first kappa shape index (κ1) is 32.0. The third-order valence-corrected chi connectivity index (χ3v) is 9.64. The van der Waals surface area contributed by atoms with Crippen LogP contribution in [0.2, 0.25) is 0 Å². The third kappa shape index (κ3) is 7.43. The summed E-state index contributed by atoms with van der Waals surface area (Å²) in [5, 5.41) is 30.5. The Hall–Kier alpha value is -3.44. The van der Waals surface area contributed by atoms with Crippen molar-refractivity contribution in [3.8, 4) is 0 Å². The van der Waals surface area contributed by atoms with Crippen LogP contribution in [-0.4, -0.2) is 87.5 Å². The molecule has 5 rings (SSSR count). The summed E-state index contributed by atoms with van der Waals surface area (Å²) >= 11 is 0. The highest BCUT2D eigenvalue weighted by Crippen LogP contribution is 2.40. The second kappa shape index (κ2) is 14.6. The Labute approximate surface area is 260 Å². The number of rotatable bonds is 10. The molecule has 0 radical (unpaired) electrons. The second-order valence-corrected chi connectivity index (χ2v) is 12.5. The Kier molecular flexibility index (Phi) is 10.6. The molecule has 0 spiro atoms. The van der Waals surface area contributed by atoms with Crippen molar-refractivity contribution in [2.45, 2.75) is 63.2 Å². The third-order valence-electron chi connectivity index (χ3n) is 9.64. The second-order valence-electron chi connectivity index (χ2n) is 12.5. The van der Waals surface area contributed by atoms with Crippen LogP contribution in [0.1, 0.15) is 56.1 Å². The van der Waals surface area contributed by atoms with Crippen molar-refractivity contribution in [2.24, 2.45) is 11.8 Å². The molecule has 238 valence electrons. The van der Waals surface area contributed by atoms with Crippen LogP contribution in [-0.2, 0) is 21.7 Å². The molecule has 10 heteroatoms. The summed E-state index contributed by atoms with van der Waals surface area (Å²) < 4.78 is 5.64. The fourth-order valence-electron chi connectivity index (χ4n) is 7.17. The molecule has 1 saturated carbocycles. The fraction of sp³-hybridized carbons (Fsp3) is 0.529. The van der Waals surface area contributed by atoms with E-state index in [2.05, 4.69) is 11.5 Å². The molecule has 2 heterocycles. The monoisotopic (exact) mass is 606 g/mol. The summed E-state index contributed by atoms with van der Waals surface area (Å²) in [7, 11) is 0. The first-order valence-electron chi connectivity index (χ1n) is 15.9. The summed E-state index contributed by atoms with van der Waals surface area (Å²) in [6.07, 6.45) is 7.88. The van der Waals surface area contributed by atoms with E-state index in [1.165, 1.54) is 12.1 Å². The predicted molar refractivity (Wildman–Crippen MR) is 166 cm³/mol. The van der Waals surface area contributed by atoms with Gasteiger partial charge in [-0.3, -0.25) is 15.2 Å². The molecule has 3 N–H and O–H groups in total. The van der Waals surface area contributed by atoms with E-state index in [-0.39, 0.29) is 41.3 Å². The molecule has 2 aromatic rings. The smallest absolute Gasteiger partial charge is 0.410 e. The van der Waals surface area contributed by atoms with Gasteiger partial charge in [-0.15, -0.1) is 11.8 Å².